The first-order valence-electron chi connectivity index (χ1n) is 8.41. The predicted octanol–water partition coefficient (Wildman–Crippen LogP) is 2.81. The number of hydrogen-bond donors (Lipinski definition) is 1. The zero-order valence-electron chi connectivity index (χ0n) is 15.1. The van der Waals surface area contributed by atoms with Gasteiger partial charge in [0.15, 0.2) is 5.82 Å². The Kier molecular flexibility index (Phi) is 3.78. The van der Waals surface area contributed by atoms with Gasteiger partial charge in [0, 0.05) is 5.92 Å². The molecule has 2 N–H and O–H groups in total. The largest absolute Gasteiger partial charge is 0.369 e. The molecule has 2 aromatic rings. The van der Waals surface area contributed by atoms with Crippen molar-refractivity contribution in [3.63, 3.8) is 0 Å². The van der Waals surface area contributed by atoms with E-state index in [-0.39, 0.29) is 17.3 Å². The van der Waals surface area contributed by atoms with Crippen molar-refractivity contribution in [2.75, 3.05) is 0 Å². The van der Waals surface area contributed by atoms with E-state index in [1.165, 1.54) is 11.1 Å². The normalized spacial score (nSPS) is 18.5. The van der Waals surface area contributed by atoms with Crippen molar-refractivity contribution in [3.05, 3.63) is 47.0 Å². The number of nitrogens with two attached hydrogens (primary N) is 1. The first-order valence-corrected chi connectivity index (χ1v) is 8.41. The smallest absolute Gasteiger partial charge is 0.225 e. The summed E-state index contributed by atoms with van der Waals surface area (Å²) in [4.78, 5) is 16.0. The molecule has 1 aromatic carbocycles. The highest BCUT2D eigenvalue weighted by molar-refractivity contribution is 5.75. The summed E-state index contributed by atoms with van der Waals surface area (Å²) in [5.74, 6) is 1.40. The molecule has 0 bridgehead atoms. The van der Waals surface area contributed by atoms with Crippen LogP contribution in [-0.2, 0) is 17.8 Å². The van der Waals surface area contributed by atoms with Crippen molar-refractivity contribution in [2.24, 2.45) is 16.6 Å². The van der Waals surface area contributed by atoms with Crippen LogP contribution in [0.5, 0.6) is 0 Å². The van der Waals surface area contributed by atoms with Crippen LogP contribution in [0, 0.1) is 17.8 Å². The molecule has 1 fully saturated rings. The van der Waals surface area contributed by atoms with Gasteiger partial charge in [0.2, 0.25) is 5.91 Å². The minimum atomic E-state index is -0.399. The Labute approximate surface area is 143 Å². The van der Waals surface area contributed by atoms with E-state index in [1.807, 2.05) is 16.8 Å². The number of amides is 1. The Balaban J connectivity index is 2.00. The number of hydrogen-bond acceptors (Lipinski definition) is 3. The molecule has 1 saturated carbocycles. The average molecular weight is 326 g/mol. The Morgan fingerprint density at radius 1 is 1.21 bits per heavy atom. The lowest BCUT2D eigenvalue weighted by molar-refractivity contribution is -0.117. The maximum absolute atomic E-state index is 11.3. The van der Waals surface area contributed by atoms with Gasteiger partial charge in [0.05, 0.1) is 13.0 Å². The predicted molar refractivity (Wildman–Crippen MR) is 93.5 cm³/mol. The molecule has 3 rings (SSSR count). The number of rotatable bonds is 5. The van der Waals surface area contributed by atoms with Crippen molar-refractivity contribution < 1.29 is 4.79 Å². The second-order valence-electron chi connectivity index (χ2n) is 7.99. The Morgan fingerprint density at radius 2 is 1.83 bits per heavy atom. The fraction of sp³-hybridized carbons (Fsp3) is 0.526. The van der Waals surface area contributed by atoms with E-state index in [2.05, 4.69) is 56.8 Å². The number of benzene rings is 1. The third kappa shape index (κ3) is 2.62. The summed E-state index contributed by atoms with van der Waals surface area (Å²) in [7, 11) is 0. The quantitative estimate of drug-likeness (QED) is 0.918. The van der Waals surface area contributed by atoms with Crippen LogP contribution < -0.4 is 5.73 Å². The highest BCUT2D eigenvalue weighted by Gasteiger charge is 2.67. The van der Waals surface area contributed by atoms with E-state index in [1.54, 1.807) is 0 Å². The number of aromatic nitrogens is 3. The van der Waals surface area contributed by atoms with Crippen molar-refractivity contribution in [3.8, 4) is 0 Å². The van der Waals surface area contributed by atoms with Crippen LogP contribution >= 0.6 is 0 Å². The maximum atomic E-state index is 11.3. The second-order valence-corrected chi connectivity index (χ2v) is 7.99. The fourth-order valence-corrected chi connectivity index (χ4v) is 3.75. The van der Waals surface area contributed by atoms with Crippen LogP contribution in [-0.4, -0.2) is 20.7 Å². The molecule has 0 unspecified atom stereocenters. The zero-order chi connectivity index (χ0) is 17.7. The Bertz CT molecular complexity index is 774. The second kappa shape index (κ2) is 5.43. The summed E-state index contributed by atoms with van der Waals surface area (Å²) >= 11 is 0. The summed E-state index contributed by atoms with van der Waals surface area (Å²) < 4.78 is 1.96. The van der Waals surface area contributed by atoms with E-state index in [9.17, 15) is 4.79 Å². The van der Waals surface area contributed by atoms with Gasteiger partial charge >= 0.3 is 0 Å². The molecule has 0 atom stereocenters. The minimum Gasteiger partial charge on any atom is -0.369 e. The Hall–Kier alpha value is -2.17. The van der Waals surface area contributed by atoms with Gasteiger partial charge in [-0.25, -0.2) is 9.67 Å². The molecule has 5 heteroatoms. The molecule has 0 aliphatic heterocycles. The molecule has 1 heterocycles. The molecular formula is C19H26N4O. The Morgan fingerprint density at radius 3 is 2.38 bits per heavy atom. The molecule has 1 aliphatic carbocycles. The van der Waals surface area contributed by atoms with E-state index < -0.39 is 5.91 Å². The van der Waals surface area contributed by atoms with Crippen LogP contribution in [0.2, 0.25) is 0 Å². The molecule has 0 radical (unpaired) electrons. The van der Waals surface area contributed by atoms with E-state index >= 15 is 0 Å². The fourth-order valence-electron chi connectivity index (χ4n) is 3.75. The number of aryl methyl sites for hydroxylation is 1. The van der Waals surface area contributed by atoms with Gasteiger partial charge in [-0.2, -0.15) is 5.10 Å². The summed E-state index contributed by atoms with van der Waals surface area (Å²) in [5, 5.41) is 4.58. The third-order valence-corrected chi connectivity index (χ3v) is 5.94. The van der Waals surface area contributed by atoms with Crippen LogP contribution in [0.1, 0.15) is 56.4 Å². The molecule has 5 nitrogen and oxygen atoms in total. The van der Waals surface area contributed by atoms with Gasteiger partial charge in [0.1, 0.15) is 5.82 Å². The third-order valence-electron chi connectivity index (χ3n) is 5.94. The van der Waals surface area contributed by atoms with Crippen LogP contribution in [0.3, 0.4) is 0 Å². The molecule has 128 valence electrons. The lowest BCUT2D eigenvalue weighted by Gasteiger charge is -2.09. The van der Waals surface area contributed by atoms with E-state index in [4.69, 9.17) is 5.73 Å². The van der Waals surface area contributed by atoms with Crippen LogP contribution in [0.25, 0.3) is 0 Å². The first-order chi connectivity index (χ1) is 11.1. The first kappa shape index (κ1) is 16.7. The lowest BCUT2D eigenvalue weighted by atomic mass is 10.0. The monoisotopic (exact) mass is 326 g/mol. The van der Waals surface area contributed by atoms with Crippen molar-refractivity contribution in [1.82, 2.24) is 14.8 Å². The highest BCUT2D eigenvalue weighted by atomic mass is 16.1. The van der Waals surface area contributed by atoms with Gasteiger partial charge in [-0.3, -0.25) is 4.79 Å². The SMILES string of the molecule is Cc1ccccc1Cn1nc(CC(N)=O)nc1C1C(C)(C)C1(C)C. The molecular weight excluding hydrogens is 300 g/mol. The molecule has 1 amide bonds. The number of carbonyl (C=O) groups is 1. The van der Waals surface area contributed by atoms with Crippen LogP contribution in [0.15, 0.2) is 24.3 Å². The molecule has 1 aliphatic rings. The molecule has 0 spiro atoms. The van der Waals surface area contributed by atoms with Gasteiger partial charge < -0.3 is 5.73 Å². The molecule has 0 saturated heterocycles. The van der Waals surface area contributed by atoms with Gasteiger partial charge in [-0.15, -0.1) is 0 Å². The summed E-state index contributed by atoms with van der Waals surface area (Å²) in [6, 6.07) is 8.28. The summed E-state index contributed by atoms with van der Waals surface area (Å²) in [5.41, 5.74) is 8.09. The van der Waals surface area contributed by atoms with E-state index in [0.717, 1.165) is 5.82 Å². The summed E-state index contributed by atoms with van der Waals surface area (Å²) in [6.45, 7) is 11.8. The molecule has 1 aromatic heterocycles. The lowest BCUT2D eigenvalue weighted by Crippen LogP contribution is -2.15. The van der Waals surface area contributed by atoms with Crippen molar-refractivity contribution in [2.45, 2.75) is 53.5 Å². The van der Waals surface area contributed by atoms with Crippen molar-refractivity contribution >= 4 is 5.91 Å². The number of primary amides is 1. The minimum absolute atomic E-state index is 0.0847. The number of carbonyl (C=O) groups excluding carboxylic acids is 1. The van der Waals surface area contributed by atoms with E-state index in [0.29, 0.717) is 18.3 Å². The number of nitrogens with zero attached hydrogens (tertiary/aromatic N) is 3. The highest BCUT2D eigenvalue weighted by Crippen LogP contribution is 2.73. The molecule has 24 heavy (non-hydrogen) atoms. The van der Waals surface area contributed by atoms with Gasteiger partial charge in [0.25, 0.3) is 0 Å². The van der Waals surface area contributed by atoms with Crippen molar-refractivity contribution in [1.29, 1.82) is 0 Å². The standard InChI is InChI=1S/C19H26N4O/c1-12-8-6-7-9-13(12)11-23-17(16-18(2,3)19(16,4)5)21-15(22-23)10-14(20)24/h6-9,16H,10-11H2,1-5H3,(H2,20,24). The summed E-state index contributed by atoms with van der Waals surface area (Å²) in [6.07, 6.45) is 0.0847. The van der Waals surface area contributed by atoms with Gasteiger partial charge in [-0.05, 0) is 28.9 Å². The van der Waals surface area contributed by atoms with Crippen LogP contribution in [0.4, 0.5) is 0 Å². The van der Waals surface area contributed by atoms with Gasteiger partial charge in [-0.1, -0.05) is 52.0 Å². The topological polar surface area (TPSA) is 73.8 Å². The zero-order valence-corrected chi connectivity index (χ0v) is 15.1. The maximum Gasteiger partial charge on any atom is 0.225 e. The average Bonchev–Trinajstić information content (AvgIpc) is 2.73.